The van der Waals surface area contributed by atoms with Crippen LogP contribution in [0.5, 0.6) is 0 Å². The van der Waals surface area contributed by atoms with Crippen LogP contribution in [0.3, 0.4) is 0 Å². The Labute approximate surface area is 113 Å². The number of nitrogens with zero attached hydrogens (tertiary/aromatic N) is 1. The molecule has 0 radical (unpaired) electrons. The van der Waals surface area contributed by atoms with Gasteiger partial charge in [-0.25, -0.2) is 0 Å². The third-order valence-corrected chi connectivity index (χ3v) is 4.31. The lowest BCUT2D eigenvalue weighted by atomic mass is 9.91. The van der Waals surface area contributed by atoms with Crippen molar-refractivity contribution < 1.29 is 17.8 Å². The molecule has 1 atom stereocenters. The van der Waals surface area contributed by atoms with Gasteiger partial charge < -0.3 is 4.90 Å². The van der Waals surface area contributed by atoms with Gasteiger partial charge in [0.2, 0.25) is 6.41 Å². The van der Waals surface area contributed by atoms with Crippen LogP contribution in [0.4, 0.5) is 0 Å². The molecule has 1 aliphatic rings. The van der Waals surface area contributed by atoms with Crippen molar-refractivity contribution in [3.05, 3.63) is 29.8 Å². The first-order valence-electron chi connectivity index (χ1n) is 6.25. The minimum Gasteiger partial charge on any atom is -0.345 e. The highest BCUT2D eigenvalue weighted by Crippen LogP contribution is 2.21. The van der Waals surface area contributed by atoms with Gasteiger partial charge in [-0.15, -0.1) is 0 Å². The summed E-state index contributed by atoms with van der Waals surface area (Å²) in [5, 5.41) is 0. The van der Waals surface area contributed by atoms with Crippen molar-refractivity contribution in [1.29, 1.82) is 0 Å². The van der Waals surface area contributed by atoms with E-state index in [0.29, 0.717) is 5.92 Å². The molecule has 1 aromatic rings. The molecule has 1 N–H and O–H groups in total. The fourth-order valence-electron chi connectivity index (χ4n) is 2.49. The third-order valence-electron chi connectivity index (χ3n) is 3.45. The molecule has 1 saturated heterocycles. The maximum atomic E-state index is 10.9. The Morgan fingerprint density at radius 1 is 1.32 bits per heavy atom. The summed E-state index contributed by atoms with van der Waals surface area (Å²) in [5.74, 6) is 0.413. The zero-order chi connectivity index (χ0) is 13.9. The van der Waals surface area contributed by atoms with Gasteiger partial charge in [-0.1, -0.05) is 12.1 Å². The Morgan fingerprint density at radius 2 is 2.00 bits per heavy atom. The zero-order valence-electron chi connectivity index (χ0n) is 10.5. The SMILES string of the molecule is O=CN1CCCC(Cc2ccc(S(=O)(=O)O)cc2)C1. The van der Waals surface area contributed by atoms with Gasteiger partial charge in [-0.05, 0) is 42.9 Å². The number of piperidine rings is 1. The molecule has 0 saturated carbocycles. The Hall–Kier alpha value is -1.40. The number of rotatable bonds is 4. The average Bonchev–Trinajstić information content (AvgIpc) is 2.38. The molecule has 1 unspecified atom stereocenters. The Bertz CT molecular complexity index is 538. The third kappa shape index (κ3) is 3.78. The summed E-state index contributed by atoms with van der Waals surface area (Å²) in [6.45, 7) is 1.57. The molecule has 0 aliphatic carbocycles. The molecule has 0 spiro atoms. The molecule has 0 aromatic heterocycles. The number of carbonyl (C=O) groups is 1. The van der Waals surface area contributed by atoms with E-state index in [-0.39, 0.29) is 4.90 Å². The molecule has 2 rings (SSSR count). The van der Waals surface area contributed by atoms with Crippen LogP contribution in [0.15, 0.2) is 29.2 Å². The van der Waals surface area contributed by atoms with Gasteiger partial charge in [0.25, 0.3) is 10.1 Å². The molecule has 0 bridgehead atoms. The lowest BCUT2D eigenvalue weighted by molar-refractivity contribution is -0.119. The topological polar surface area (TPSA) is 74.7 Å². The van der Waals surface area contributed by atoms with Crippen LogP contribution in [-0.4, -0.2) is 37.4 Å². The van der Waals surface area contributed by atoms with Gasteiger partial charge in [-0.2, -0.15) is 8.42 Å². The normalized spacial score (nSPS) is 20.3. The predicted octanol–water partition coefficient (Wildman–Crippen LogP) is 1.34. The van der Waals surface area contributed by atoms with Crippen molar-refractivity contribution in [2.75, 3.05) is 13.1 Å². The maximum absolute atomic E-state index is 10.9. The van der Waals surface area contributed by atoms with Gasteiger partial charge in [-0.3, -0.25) is 9.35 Å². The van der Waals surface area contributed by atoms with E-state index in [4.69, 9.17) is 4.55 Å². The largest absolute Gasteiger partial charge is 0.345 e. The first-order valence-corrected chi connectivity index (χ1v) is 7.69. The minimum atomic E-state index is -4.12. The molecule has 104 valence electrons. The summed E-state index contributed by atoms with van der Waals surface area (Å²) in [6.07, 6.45) is 3.78. The molecule has 1 heterocycles. The van der Waals surface area contributed by atoms with Crippen LogP contribution in [0, 0.1) is 5.92 Å². The van der Waals surface area contributed by atoms with Crippen LogP contribution in [0.25, 0.3) is 0 Å². The molecule has 6 heteroatoms. The van der Waals surface area contributed by atoms with E-state index >= 15 is 0 Å². The fourth-order valence-corrected chi connectivity index (χ4v) is 2.97. The summed E-state index contributed by atoms with van der Waals surface area (Å²) in [4.78, 5) is 12.4. The van der Waals surface area contributed by atoms with Crippen molar-refractivity contribution in [3.8, 4) is 0 Å². The summed E-state index contributed by atoms with van der Waals surface area (Å²) in [5.41, 5.74) is 1.02. The molecule has 1 aromatic carbocycles. The lowest BCUT2D eigenvalue weighted by Crippen LogP contribution is -2.35. The molecule has 1 aliphatic heterocycles. The van der Waals surface area contributed by atoms with Crippen LogP contribution in [0.1, 0.15) is 18.4 Å². The highest BCUT2D eigenvalue weighted by atomic mass is 32.2. The lowest BCUT2D eigenvalue weighted by Gasteiger charge is -2.29. The van der Waals surface area contributed by atoms with Gasteiger partial charge in [0.15, 0.2) is 0 Å². The van der Waals surface area contributed by atoms with E-state index in [1.807, 2.05) is 0 Å². The highest BCUT2D eigenvalue weighted by Gasteiger charge is 2.19. The maximum Gasteiger partial charge on any atom is 0.294 e. The number of carbonyl (C=O) groups excluding carboxylic acids is 1. The van der Waals surface area contributed by atoms with E-state index in [0.717, 1.165) is 44.3 Å². The van der Waals surface area contributed by atoms with E-state index in [1.54, 1.807) is 17.0 Å². The smallest absolute Gasteiger partial charge is 0.294 e. The van der Waals surface area contributed by atoms with Gasteiger partial charge in [0.05, 0.1) is 4.90 Å². The summed E-state index contributed by atoms with van der Waals surface area (Å²) >= 11 is 0. The van der Waals surface area contributed by atoms with Crippen molar-refractivity contribution in [2.24, 2.45) is 5.92 Å². The van der Waals surface area contributed by atoms with Gasteiger partial charge in [0.1, 0.15) is 0 Å². The van der Waals surface area contributed by atoms with Crippen LogP contribution in [0.2, 0.25) is 0 Å². The molecule has 5 nitrogen and oxygen atoms in total. The quantitative estimate of drug-likeness (QED) is 0.668. The van der Waals surface area contributed by atoms with Crippen molar-refractivity contribution in [2.45, 2.75) is 24.2 Å². The second-order valence-corrected chi connectivity index (χ2v) is 6.35. The number of amides is 1. The Balaban J connectivity index is 2.01. The number of hydrogen-bond acceptors (Lipinski definition) is 3. The van der Waals surface area contributed by atoms with Crippen molar-refractivity contribution >= 4 is 16.5 Å². The molecular formula is C13H17NO4S. The van der Waals surface area contributed by atoms with Crippen LogP contribution < -0.4 is 0 Å². The minimum absolute atomic E-state index is 0.0885. The van der Waals surface area contributed by atoms with Crippen LogP contribution in [-0.2, 0) is 21.3 Å². The van der Waals surface area contributed by atoms with Gasteiger partial charge >= 0.3 is 0 Å². The second kappa shape index (κ2) is 5.71. The van der Waals surface area contributed by atoms with E-state index < -0.39 is 10.1 Å². The summed E-state index contributed by atoms with van der Waals surface area (Å²) in [6, 6.07) is 6.24. The summed E-state index contributed by atoms with van der Waals surface area (Å²) in [7, 11) is -4.12. The predicted molar refractivity (Wildman–Crippen MR) is 70.3 cm³/mol. The van der Waals surface area contributed by atoms with Crippen molar-refractivity contribution in [3.63, 3.8) is 0 Å². The molecular weight excluding hydrogens is 266 g/mol. The first kappa shape index (κ1) is 14.0. The average molecular weight is 283 g/mol. The number of hydrogen-bond donors (Lipinski definition) is 1. The second-order valence-electron chi connectivity index (χ2n) is 4.93. The van der Waals surface area contributed by atoms with Crippen molar-refractivity contribution in [1.82, 2.24) is 4.90 Å². The van der Waals surface area contributed by atoms with E-state index in [9.17, 15) is 13.2 Å². The highest BCUT2D eigenvalue weighted by molar-refractivity contribution is 7.85. The van der Waals surface area contributed by atoms with E-state index in [1.165, 1.54) is 12.1 Å². The zero-order valence-corrected chi connectivity index (χ0v) is 11.3. The van der Waals surface area contributed by atoms with Crippen LogP contribution >= 0.6 is 0 Å². The van der Waals surface area contributed by atoms with E-state index in [2.05, 4.69) is 0 Å². The van der Waals surface area contributed by atoms with Gasteiger partial charge in [0, 0.05) is 13.1 Å². The number of likely N-dealkylation sites (tertiary alicyclic amines) is 1. The fraction of sp³-hybridized carbons (Fsp3) is 0.462. The molecule has 1 amide bonds. The first-order chi connectivity index (χ1) is 8.99. The summed E-state index contributed by atoms with van der Waals surface area (Å²) < 4.78 is 30.7. The monoisotopic (exact) mass is 283 g/mol. The number of benzene rings is 1. The Morgan fingerprint density at radius 3 is 2.58 bits per heavy atom. The standard InChI is InChI=1S/C13H17NO4S/c15-10-14-7-1-2-12(9-14)8-11-3-5-13(6-4-11)19(16,17)18/h3-6,10,12H,1-2,7-9H2,(H,16,17,18). The Kier molecular flexibility index (Phi) is 4.21. The molecule has 19 heavy (non-hydrogen) atoms. The molecule has 1 fully saturated rings.